The lowest BCUT2D eigenvalue weighted by molar-refractivity contribution is 0.251. The minimum Gasteiger partial charge on any atom is -0.508 e. The molecule has 0 saturated heterocycles. The first-order chi connectivity index (χ1) is 18.9. The topological polar surface area (TPSA) is 72.8 Å². The Bertz CT molecular complexity index is 1630. The van der Waals surface area contributed by atoms with Gasteiger partial charge < -0.3 is 10.2 Å². The van der Waals surface area contributed by atoms with Crippen LogP contribution in [0.25, 0.3) is 21.9 Å². The first-order valence-electron chi connectivity index (χ1n) is 12.8. The Balaban J connectivity index is 1.46. The molecule has 6 heteroatoms. The van der Waals surface area contributed by atoms with E-state index in [4.69, 9.17) is 11.8 Å². The average Bonchev–Trinajstić information content (AvgIpc) is 2.94. The van der Waals surface area contributed by atoms with Crippen molar-refractivity contribution in [3.8, 4) is 22.6 Å². The highest BCUT2D eigenvalue weighted by Crippen LogP contribution is 2.34. The van der Waals surface area contributed by atoms with Gasteiger partial charge in [0.05, 0.1) is 0 Å². The van der Waals surface area contributed by atoms with Crippen molar-refractivity contribution in [2.45, 2.75) is 19.8 Å². The molecule has 0 aliphatic carbocycles. The van der Waals surface area contributed by atoms with Crippen molar-refractivity contribution in [2.24, 2.45) is 0 Å². The molecule has 0 saturated carbocycles. The van der Waals surface area contributed by atoms with Crippen LogP contribution in [0.15, 0.2) is 103 Å². The molecule has 0 aliphatic rings. The molecule has 5 aromatic carbocycles. The van der Waals surface area contributed by atoms with Crippen LogP contribution in [0.5, 0.6) is 11.5 Å². The van der Waals surface area contributed by atoms with Gasteiger partial charge in [0.2, 0.25) is 0 Å². The molecular weight excluding hydrogens is 508 g/mol. The number of amides is 2. The Morgan fingerprint density at radius 3 is 2.33 bits per heavy atom. The van der Waals surface area contributed by atoms with Gasteiger partial charge in [0.15, 0.2) is 0 Å². The molecule has 39 heavy (non-hydrogen) atoms. The maximum atomic E-state index is 12.6. The molecule has 2 amide bonds. The summed E-state index contributed by atoms with van der Waals surface area (Å²) >= 11 is 5.71. The maximum absolute atomic E-state index is 12.6. The Hall–Kier alpha value is -4.48. The van der Waals surface area contributed by atoms with Crippen molar-refractivity contribution in [3.05, 3.63) is 125 Å². The number of nitrogens with zero attached hydrogens (tertiary/aromatic N) is 1. The van der Waals surface area contributed by atoms with Crippen molar-refractivity contribution in [2.75, 3.05) is 11.4 Å². The summed E-state index contributed by atoms with van der Waals surface area (Å²) in [5, 5.41) is 21.9. The monoisotopic (exact) mass is 536 g/mol. The number of nitrogens with one attached hydrogen (secondary N) is 1. The zero-order valence-electron chi connectivity index (χ0n) is 21.6. The van der Waals surface area contributed by atoms with E-state index in [1.807, 2.05) is 61.5 Å². The summed E-state index contributed by atoms with van der Waals surface area (Å²) in [6.07, 6.45) is 1.33. The molecule has 0 bridgehead atoms. The van der Waals surface area contributed by atoms with Crippen LogP contribution in [0.1, 0.15) is 22.3 Å². The number of fused-ring (bicyclic) bond motifs is 1. The molecule has 5 rings (SSSR count). The van der Waals surface area contributed by atoms with E-state index >= 15 is 0 Å². The Labute approximate surface area is 233 Å². The second kappa shape index (κ2) is 11.5. The van der Waals surface area contributed by atoms with E-state index in [-0.39, 0.29) is 17.5 Å². The van der Waals surface area contributed by atoms with E-state index in [0.29, 0.717) is 19.4 Å². The Morgan fingerprint density at radius 2 is 1.56 bits per heavy atom. The Kier molecular flexibility index (Phi) is 7.71. The van der Waals surface area contributed by atoms with E-state index in [0.717, 1.165) is 49.8 Å². The fraction of sp³-hybridized carbons (Fsp3) is 0.121. The molecule has 0 atom stereocenters. The number of benzene rings is 5. The predicted molar refractivity (Wildman–Crippen MR) is 159 cm³/mol. The van der Waals surface area contributed by atoms with E-state index < -0.39 is 0 Å². The zero-order chi connectivity index (χ0) is 27.4. The summed E-state index contributed by atoms with van der Waals surface area (Å²) in [5.74, 6) is 0.452. The van der Waals surface area contributed by atoms with Crippen LogP contribution >= 0.6 is 11.8 Å². The van der Waals surface area contributed by atoms with Crippen LogP contribution in [0.2, 0.25) is 0 Å². The highest BCUT2D eigenvalue weighted by molar-refractivity contribution is 6.23. The number of carbonyl (C=O) groups is 1. The highest BCUT2D eigenvalue weighted by atomic mass is 35.5. The number of carbonyl (C=O) groups excluding carboxylic acids is 1. The van der Waals surface area contributed by atoms with Gasteiger partial charge in [-0.2, -0.15) is 0 Å². The van der Waals surface area contributed by atoms with Crippen LogP contribution in [0, 0.1) is 6.92 Å². The third-order valence-corrected chi connectivity index (χ3v) is 7.18. The molecule has 0 heterocycles. The quantitative estimate of drug-likeness (QED) is 0.186. The fourth-order valence-electron chi connectivity index (χ4n) is 5.07. The van der Waals surface area contributed by atoms with Gasteiger partial charge in [-0.25, -0.2) is 9.63 Å². The molecule has 0 aliphatic heterocycles. The van der Waals surface area contributed by atoms with Crippen molar-refractivity contribution in [1.82, 2.24) is 4.84 Å². The number of urea groups is 1. The first kappa shape index (κ1) is 26.1. The molecule has 0 radical (unpaired) electrons. The SMILES string of the molecule is Cc1ccccc1N(CCc1cccc(Cc2c(-c3ccc(O)cc3)ccc3cc(O)ccc23)c1)C(=O)NCl. The fourth-order valence-corrected chi connectivity index (χ4v) is 5.17. The number of phenols is 2. The molecule has 5 nitrogen and oxygen atoms in total. The molecule has 0 fully saturated rings. The lowest BCUT2D eigenvalue weighted by atomic mass is 9.89. The summed E-state index contributed by atoms with van der Waals surface area (Å²) < 4.78 is 0. The van der Waals surface area contributed by atoms with Crippen molar-refractivity contribution in [3.63, 3.8) is 0 Å². The molecule has 196 valence electrons. The van der Waals surface area contributed by atoms with Crippen LogP contribution in [-0.4, -0.2) is 22.8 Å². The van der Waals surface area contributed by atoms with Gasteiger partial charge in [0.1, 0.15) is 11.5 Å². The third-order valence-electron chi connectivity index (χ3n) is 7.02. The standard InChI is InChI=1S/C33H29ClN2O3/c1-22-5-2-3-8-32(22)36(33(39)35-34)18-17-23-6-4-7-24(19-23)20-31-29(25-9-12-27(37)13-10-25)15-11-26-21-28(38)14-16-30(26)31/h2-16,19,21,37-38H,17-18,20H2,1H3,(H,35,39). The summed E-state index contributed by atoms with van der Waals surface area (Å²) in [5.41, 5.74) is 7.28. The third kappa shape index (κ3) is 5.84. The van der Waals surface area contributed by atoms with Crippen molar-refractivity contribution < 1.29 is 15.0 Å². The maximum Gasteiger partial charge on any atom is 0.336 e. The first-order valence-corrected chi connectivity index (χ1v) is 13.2. The van der Waals surface area contributed by atoms with Gasteiger partial charge in [0.25, 0.3) is 0 Å². The number of aromatic hydroxyl groups is 2. The van der Waals surface area contributed by atoms with E-state index in [2.05, 4.69) is 29.1 Å². The van der Waals surface area contributed by atoms with Crippen LogP contribution in [0.4, 0.5) is 10.5 Å². The van der Waals surface area contributed by atoms with E-state index in [1.54, 1.807) is 29.2 Å². The largest absolute Gasteiger partial charge is 0.508 e. The lowest BCUT2D eigenvalue weighted by Crippen LogP contribution is -2.38. The van der Waals surface area contributed by atoms with Gasteiger partial charge >= 0.3 is 6.03 Å². The van der Waals surface area contributed by atoms with Crippen molar-refractivity contribution >= 4 is 34.3 Å². The molecule has 5 aromatic rings. The lowest BCUT2D eigenvalue weighted by Gasteiger charge is -2.23. The van der Waals surface area contributed by atoms with Gasteiger partial charge in [0, 0.05) is 24.0 Å². The van der Waals surface area contributed by atoms with Crippen LogP contribution in [0.3, 0.4) is 0 Å². The number of para-hydroxylation sites is 1. The number of rotatable bonds is 7. The number of hydrogen-bond donors (Lipinski definition) is 3. The minimum absolute atomic E-state index is 0.223. The van der Waals surface area contributed by atoms with Crippen molar-refractivity contribution in [1.29, 1.82) is 0 Å². The molecular formula is C33H29ClN2O3. The summed E-state index contributed by atoms with van der Waals surface area (Å²) in [7, 11) is 0. The Morgan fingerprint density at radius 1 is 0.821 bits per heavy atom. The van der Waals surface area contributed by atoms with Gasteiger partial charge in [-0.05, 0) is 94.3 Å². The number of aryl methyl sites for hydroxylation is 1. The summed E-state index contributed by atoms with van der Waals surface area (Å²) in [6, 6.07) is 32.5. The summed E-state index contributed by atoms with van der Waals surface area (Å²) in [4.78, 5) is 16.5. The second-order valence-electron chi connectivity index (χ2n) is 9.63. The smallest absolute Gasteiger partial charge is 0.336 e. The molecule has 0 spiro atoms. The molecule has 0 unspecified atom stereocenters. The average molecular weight is 537 g/mol. The number of phenolic OH excluding ortho intramolecular Hbond substituents is 2. The second-order valence-corrected chi connectivity index (χ2v) is 9.82. The number of hydrogen-bond acceptors (Lipinski definition) is 3. The molecule has 3 N–H and O–H groups in total. The van der Waals surface area contributed by atoms with E-state index in [1.165, 1.54) is 0 Å². The highest BCUT2D eigenvalue weighted by Gasteiger charge is 2.17. The van der Waals surface area contributed by atoms with Gasteiger partial charge in [-0.1, -0.05) is 72.8 Å². The summed E-state index contributed by atoms with van der Waals surface area (Å²) in [6.45, 7) is 2.44. The van der Waals surface area contributed by atoms with Gasteiger partial charge in [-0.3, -0.25) is 4.90 Å². The van der Waals surface area contributed by atoms with Crippen LogP contribution < -0.4 is 9.74 Å². The zero-order valence-corrected chi connectivity index (χ0v) is 22.3. The number of anilines is 1. The van der Waals surface area contributed by atoms with Crippen LogP contribution in [-0.2, 0) is 12.8 Å². The van der Waals surface area contributed by atoms with Gasteiger partial charge in [-0.15, -0.1) is 0 Å². The number of halogens is 1. The van der Waals surface area contributed by atoms with E-state index in [9.17, 15) is 15.0 Å². The normalized spacial score (nSPS) is 10.9. The minimum atomic E-state index is -0.361. The molecule has 0 aromatic heterocycles. The predicted octanol–water partition coefficient (Wildman–Crippen LogP) is 7.73.